The molecule has 0 aromatic carbocycles. The number of alkyl halides is 1. The van der Waals surface area contributed by atoms with Gasteiger partial charge in [-0.25, -0.2) is 0 Å². The van der Waals surface area contributed by atoms with Crippen molar-refractivity contribution in [2.24, 2.45) is 5.92 Å². The Kier molecular flexibility index (Phi) is 4.82. The lowest BCUT2D eigenvalue weighted by atomic mass is 10.0. The molecule has 1 unspecified atom stereocenters. The fourth-order valence-corrected chi connectivity index (χ4v) is 1.65. The number of nitrogens with one attached hydrogen (secondary N) is 1. The van der Waals surface area contributed by atoms with Crippen molar-refractivity contribution in [3.63, 3.8) is 0 Å². The summed E-state index contributed by atoms with van der Waals surface area (Å²) >= 11 is 5.76. The minimum Gasteiger partial charge on any atom is -0.366 e. The van der Waals surface area contributed by atoms with E-state index in [1.165, 1.54) is 0 Å². The van der Waals surface area contributed by atoms with Gasteiger partial charge < -0.3 is 5.32 Å². The lowest BCUT2D eigenvalue weighted by molar-refractivity contribution is 0.511. The van der Waals surface area contributed by atoms with Gasteiger partial charge in [-0.1, -0.05) is 13.8 Å². The van der Waals surface area contributed by atoms with Crippen molar-refractivity contribution in [3.8, 4) is 0 Å². The van der Waals surface area contributed by atoms with Crippen LogP contribution in [0.2, 0.25) is 0 Å². The van der Waals surface area contributed by atoms with Gasteiger partial charge in [0.25, 0.3) is 0 Å². The third-order valence-corrected chi connectivity index (χ3v) is 2.57. The molecule has 3 nitrogen and oxygen atoms in total. The van der Waals surface area contributed by atoms with Crippen molar-refractivity contribution in [3.05, 3.63) is 17.8 Å². The fourth-order valence-electron chi connectivity index (χ4n) is 1.41. The van der Waals surface area contributed by atoms with Gasteiger partial charge in [0.1, 0.15) is 5.82 Å². The second-order valence-electron chi connectivity index (χ2n) is 4.09. The lowest BCUT2D eigenvalue weighted by Gasteiger charge is -2.21. The van der Waals surface area contributed by atoms with Gasteiger partial charge in [0, 0.05) is 11.9 Å². The maximum Gasteiger partial charge on any atom is 0.149 e. The quantitative estimate of drug-likeness (QED) is 0.787. The van der Waals surface area contributed by atoms with Gasteiger partial charge in [-0.2, -0.15) is 5.10 Å². The number of aryl methyl sites for hydroxylation is 1. The van der Waals surface area contributed by atoms with Crippen LogP contribution in [0.25, 0.3) is 0 Å². The highest BCUT2D eigenvalue weighted by atomic mass is 35.5. The van der Waals surface area contributed by atoms with Crippen LogP contribution in [0, 0.1) is 12.8 Å². The van der Waals surface area contributed by atoms with E-state index in [2.05, 4.69) is 29.4 Å². The van der Waals surface area contributed by atoms with Crippen LogP contribution in [-0.4, -0.2) is 22.1 Å². The molecule has 84 valence electrons. The first-order chi connectivity index (χ1) is 7.13. The molecule has 0 saturated carbocycles. The van der Waals surface area contributed by atoms with E-state index in [0.29, 0.717) is 17.8 Å². The molecule has 0 bridgehead atoms. The van der Waals surface area contributed by atoms with E-state index in [-0.39, 0.29) is 0 Å². The standard InChI is InChI=1S/C11H18ClN3/c1-8(2)10(4-5-12)14-11-6-9(3)7-13-15-11/h6-8,10H,4-5H2,1-3H3,(H,14,15). The smallest absolute Gasteiger partial charge is 0.149 e. The van der Waals surface area contributed by atoms with Gasteiger partial charge in [-0.15, -0.1) is 16.7 Å². The highest BCUT2D eigenvalue weighted by molar-refractivity contribution is 6.17. The zero-order valence-corrected chi connectivity index (χ0v) is 10.3. The van der Waals surface area contributed by atoms with Crippen LogP contribution >= 0.6 is 11.6 Å². The molecule has 1 aromatic heterocycles. The van der Waals surface area contributed by atoms with Crippen molar-refractivity contribution >= 4 is 17.4 Å². The molecule has 15 heavy (non-hydrogen) atoms. The highest BCUT2D eigenvalue weighted by Gasteiger charge is 2.12. The van der Waals surface area contributed by atoms with Crippen LogP contribution in [0.3, 0.4) is 0 Å². The van der Waals surface area contributed by atoms with E-state index in [1.54, 1.807) is 6.20 Å². The Morgan fingerprint density at radius 1 is 1.47 bits per heavy atom. The first kappa shape index (κ1) is 12.2. The van der Waals surface area contributed by atoms with Crippen LogP contribution in [0.1, 0.15) is 25.8 Å². The zero-order chi connectivity index (χ0) is 11.3. The predicted octanol–water partition coefficient (Wildman–Crippen LogP) is 2.85. The fraction of sp³-hybridized carbons (Fsp3) is 0.636. The Hall–Kier alpha value is -0.830. The molecular formula is C11H18ClN3. The number of anilines is 1. The summed E-state index contributed by atoms with van der Waals surface area (Å²) in [4.78, 5) is 0. The summed E-state index contributed by atoms with van der Waals surface area (Å²) in [5.74, 6) is 2.03. The lowest BCUT2D eigenvalue weighted by Crippen LogP contribution is -2.26. The normalized spacial score (nSPS) is 12.9. The Bertz CT molecular complexity index is 302. The molecule has 0 aliphatic carbocycles. The van der Waals surface area contributed by atoms with E-state index in [0.717, 1.165) is 17.8 Å². The van der Waals surface area contributed by atoms with Crippen molar-refractivity contribution in [2.75, 3.05) is 11.2 Å². The van der Waals surface area contributed by atoms with Crippen molar-refractivity contribution < 1.29 is 0 Å². The maximum atomic E-state index is 5.76. The second kappa shape index (κ2) is 5.91. The highest BCUT2D eigenvalue weighted by Crippen LogP contribution is 2.14. The van der Waals surface area contributed by atoms with Gasteiger partial charge in [-0.3, -0.25) is 0 Å². The molecule has 0 fully saturated rings. The van der Waals surface area contributed by atoms with Gasteiger partial charge in [0.05, 0.1) is 6.20 Å². The average Bonchev–Trinajstić information content (AvgIpc) is 2.17. The summed E-state index contributed by atoms with van der Waals surface area (Å²) < 4.78 is 0. The molecule has 4 heteroatoms. The molecule has 0 spiro atoms. The van der Waals surface area contributed by atoms with Crippen LogP contribution in [-0.2, 0) is 0 Å². The number of nitrogens with zero attached hydrogens (tertiary/aromatic N) is 2. The molecule has 1 N–H and O–H groups in total. The number of hydrogen-bond acceptors (Lipinski definition) is 3. The third kappa shape index (κ3) is 4.04. The molecule has 0 saturated heterocycles. The van der Waals surface area contributed by atoms with Crippen LogP contribution in [0.4, 0.5) is 5.82 Å². The van der Waals surface area contributed by atoms with Crippen molar-refractivity contribution in [1.29, 1.82) is 0 Å². The molecule has 1 aromatic rings. The molecule has 1 rings (SSSR count). The van der Waals surface area contributed by atoms with E-state index in [1.807, 2.05) is 13.0 Å². The maximum absolute atomic E-state index is 5.76. The van der Waals surface area contributed by atoms with Gasteiger partial charge in [0.2, 0.25) is 0 Å². The third-order valence-electron chi connectivity index (χ3n) is 2.35. The number of rotatable bonds is 5. The van der Waals surface area contributed by atoms with Crippen LogP contribution in [0.15, 0.2) is 12.3 Å². The average molecular weight is 228 g/mol. The van der Waals surface area contributed by atoms with Crippen LogP contribution in [0.5, 0.6) is 0 Å². The molecule has 1 heterocycles. The number of aromatic nitrogens is 2. The molecular weight excluding hydrogens is 210 g/mol. The summed E-state index contributed by atoms with van der Waals surface area (Å²) in [5, 5.41) is 11.3. The summed E-state index contributed by atoms with van der Waals surface area (Å²) in [6.45, 7) is 6.35. The largest absolute Gasteiger partial charge is 0.366 e. The van der Waals surface area contributed by atoms with Gasteiger partial charge in [-0.05, 0) is 30.9 Å². The van der Waals surface area contributed by atoms with E-state index in [4.69, 9.17) is 11.6 Å². The minimum atomic E-state index is 0.360. The van der Waals surface area contributed by atoms with Crippen molar-refractivity contribution in [2.45, 2.75) is 33.2 Å². The Morgan fingerprint density at radius 3 is 2.73 bits per heavy atom. The van der Waals surface area contributed by atoms with E-state index in [9.17, 15) is 0 Å². The first-order valence-corrected chi connectivity index (χ1v) is 5.78. The topological polar surface area (TPSA) is 37.8 Å². The minimum absolute atomic E-state index is 0.360. The van der Waals surface area contributed by atoms with Gasteiger partial charge >= 0.3 is 0 Å². The Balaban J connectivity index is 2.65. The summed E-state index contributed by atoms with van der Waals surface area (Å²) in [6.07, 6.45) is 2.69. The molecule has 1 atom stereocenters. The van der Waals surface area contributed by atoms with E-state index >= 15 is 0 Å². The predicted molar refractivity (Wildman–Crippen MR) is 64.4 cm³/mol. The van der Waals surface area contributed by atoms with Crippen molar-refractivity contribution in [1.82, 2.24) is 10.2 Å². The molecule has 0 radical (unpaired) electrons. The molecule has 0 amide bonds. The SMILES string of the molecule is Cc1cnnc(NC(CCCl)C(C)C)c1. The van der Waals surface area contributed by atoms with Crippen LogP contribution < -0.4 is 5.32 Å². The second-order valence-corrected chi connectivity index (χ2v) is 4.47. The Labute approximate surface area is 96.2 Å². The molecule has 0 aliphatic rings. The Morgan fingerprint density at radius 2 is 2.20 bits per heavy atom. The summed E-state index contributed by atoms with van der Waals surface area (Å²) in [6, 6.07) is 2.36. The monoisotopic (exact) mass is 227 g/mol. The first-order valence-electron chi connectivity index (χ1n) is 5.25. The van der Waals surface area contributed by atoms with Gasteiger partial charge in [0.15, 0.2) is 0 Å². The molecule has 0 aliphatic heterocycles. The number of hydrogen-bond donors (Lipinski definition) is 1. The number of halogens is 1. The summed E-state index contributed by atoms with van der Waals surface area (Å²) in [7, 11) is 0. The van der Waals surface area contributed by atoms with E-state index < -0.39 is 0 Å². The zero-order valence-electron chi connectivity index (χ0n) is 9.50. The summed E-state index contributed by atoms with van der Waals surface area (Å²) in [5.41, 5.74) is 1.11.